The van der Waals surface area contributed by atoms with Gasteiger partial charge < -0.3 is 10.0 Å². The molecule has 70 valence electrons. The molecule has 12 heavy (non-hydrogen) atoms. The molecule has 0 aromatic heterocycles. The molecule has 0 bridgehead atoms. The highest BCUT2D eigenvalue weighted by atomic mass is 16.3. The van der Waals surface area contributed by atoms with E-state index in [1.807, 2.05) is 0 Å². The summed E-state index contributed by atoms with van der Waals surface area (Å²) in [5.41, 5.74) is 0. The molecule has 0 aliphatic carbocycles. The largest absolute Gasteiger partial charge is 0.392 e. The van der Waals surface area contributed by atoms with E-state index in [0.29, 0.717) is 18.9 Å². The summed E-state index contributed by atoms with van der Waals surface area (Å²) in [4.78, 5) is 13.1. The molecule has 1 saturated heterocycles. The summed E-state index contributed by atoms with van der Waals surface area (Å²) in [5.74, 6) is 0.774. The van der Waals surface area contributed by atoms with Gasteiger partial charge in [0.05, 0.1) is 6.10 Å². The predicted molar refractivity (Wildman–Crippen MR) is 46.7 cm³/mol. The second-order valence-corrected chi connectivity index (χ2v) is 3.79. The number of piperidine rings is 1. The summed E-state index contributed by atoms with van der Waals surface area (Å²) in [5, 5.41) is 9.11. The first-order valence-corrected chi connectivity index (χ1v) is 4.55. The maximum Gasteiger partial charge on any atom is 0.222 e. The third-order valence-electron chi connectivity index (χ3n) is 2.22. The number of hydrogen-bond donors (Lipinski definition) is 1. The van der Waals surface area contributed by atoms with E-state index in [1.54, 1.807) is 11.8 Å². The summed E-state index contributed by atoms with van der Waals surface area (Å²) in [6.07, 6.45) is 1.24. The van der Waals surface area contributed by atoms with Gasteiger partial charge in [0.25, 0.3) is 0 Å². The van der Waals surface area contributed by atoms with Crippen molar-refractivity contribution in [2.24, 2.45) is 5.92 Å². The molecule has 3 nitrogen and oxygen atoms in total. The van der Waals surface area contributed by atoms with Gasteiger partial charge in [0, 0.05) is 19.5 Å². The third-order valence-corrected chi connectivity index (χ3v) is 2.22. The predicted octanol–water partition coefficient (Wildman–Crippen LogP) is 0.626. The van der Waals surface area contributed by atoms with Gasteiger partial charge in [0.15, 0.2) is 0 Å². The number of aliphatic hydroxyl groups excluding tert-OH is 1. The standard InChI is InChI=1S/C9H17NO2/c1-7-3-4-9(12)10(5-7)6-8(2)11/h7-8,11H,3-6H2,1-2H3. The lowest BCUT2D eigenvalue weighted by atomic mass is 9.99. The van der Waals surface area contributed by atoms with E-state index < -0.39 is 6.10 Å². The van der Waals surface area contributed by atoms with Crippen LogP contribution in [0.3, 0.4) is 0 Å². The summed E-state index contributed by atoms with van der Waals surface area (Å²) >= 11 is 0. The fraction of sp³-hybridized carbons (Fsp3) is 0.889. The number of carbonyl (C=O) groups excluding carboxylic acids is 1. The topological polar surface area (TPSA) is 40.5 Å². The van der Waals surface area contributed by atoms with E-state index in [0.717, 1.165) is 13.0 Å². The fourth-order valence-corrected chi connectivity index (χ4v) is 1.59. The van der Waals surface area contributed by atoms with Gasteiger partial charge in [-0.3, -0.25) is 4.79 Å². The number of β-amino-alcohol motifs (C(OH)–C–C–N with tert-alkyl or cyclic N) is 1. The zero-order chi connectivity index (χ0) is 9.14. The molecule has 1 amide bonds. The Kier molecular flexibility index (Phi) is 3.09. The molecule has 0 aromatic rings. The summed E-state index contributed by atoms with van der Waals surface area (Å²) in [6.45, 7) is 5.15. The second-order valence-electron chi connectivity index (χ2n) is 3.79. The number of aliphatic hydroxyl groups is 1. The molecule has 2 atom stereocenters. The quantitative estimate of drug-likeness (QED) is 0.662. The summed E-state index contributed by atoms with van der Waals surface area (Å²) in [7, 11) is 0. The fourth-order valence-electron chi connectivity index (χ4n) is 1.59. The second kappa shape index (κ2) is 3.90. The van der Waals surface area contributed by atoms with Crippen LogP contribution in [0.15, 0.2) is 0 Å². The van der Waals surface area contributed by atoms with Gasteiger partial charge in [0.1, 0.15) is 0 Å². The Morgan fingerprint density at radius 1 is 1.75 bits per heavy atom. The molecule has 1 fully saturated rings. The Labute approximate surface area is 73.4 Å². The molecule has 1 aliphatic heterocycles. The first-order chi connectivity index (χ1) is 5.59. The van der Waals surface area contributed by atoms with Crippen molar-refractivity contribution in [3.05, 3.63) is 0 Å². The average Bonchev–Trinajstić information content (AvgIpc) is 1.96. The van der Waals surface area contributed by atoms with Crippen LogP contribution in [0.5, 0.6) is 0 Å². The number of likely N-dealkylation sites (tertiary alicyclic amines) is 1. The monoisotopic (exact) mass is 171 g/mol. The number of carbonyl (C=O) groups is 1. The summed E-state index contributed by atoms with van der Waals surface area (Å²) in [6, 6.07) is 0. The molecule has 0 spiro atoms. The van der Waals surface area contributed by atoms with Crippen LogP contribution in [0.25, 0.3) is 0 Å². The van der Waals surface area contributed by atoms with Crippen molar-refractivity contribution in [3.8, 4) is 0 Å². The van der Waals surface area contributed by atoms with Crippen molar-refractivity contribution in [2.75, 3.05) is 13.1 Å². The lowest BCUT2D eigenvalue weighted by Crippen LogP contribution is -2.42. The molecule has 1 rings (SSSR count). The molecule has 0 saturated carbocycles. The maximum absolute atomic E-state index is 11.3. The average molecular weight is 171 g/mol. The minimum absolute atomic E-state index is 0.189. The Balaban J connectivity index is 2.43. The first-order valence-electron chi connectivity index (χ1n) is 4.55. The van der Waals surface area contributed by atoms with E-state index in [2.05, 4.69) is 6.92 Å². The van der Waals surface area contributed by atoms with Crippen LogP contribution < -0.4 is 0 Å². The van der Waals surface area contributed by atoms with Crippen LogP contribution in [-0.4, -0.2) is 35.1 Å². The normalized spacial score (nSPS) is 27.4. The number of nitrogens with zero attached hydrogens (tertiary/aromatic N) is 1. The Hall–Kier alpha value is -0.570. The highest BCUT2D eigenvalue weighted by Gasteiger charge is 2.23. The van der Waals surface area contributed by atoms with Crippen molar-refractivity contribution in [1.82, 2.24) is 4.90 Å². The van der Waals surface area contributed by atoms with E-state index in [-0.39, 0.29) is 5.91 Å². The van der Waals surface area contributed by atoms with Crippen molar-refractivity contribution in [2.45, 2.75) is 32.8 Å². The Bertz CT molecular complexity index is 166. The Morgan fingerprint density at radius 3 is 3.00 bits per heavy atom. The molecule has 1 aliphatic rings. The molecule has 2 unspecified atom stereocenters. The maximum atomic E-state index is 11.3. The number of hydrogen-bond acceptors (Lipinski definition) is 2. The van der Waals surface area contributed by atoms with Gasteiger partial charge in [-0.1, -0.05) is 6.92 Å². The molecular weight excluding hydrogens is 154 g/mol. The SMILES string of the molecule is CC(O)CN1CC(C)CCC1=O. The Morgan fingerprint density at radius 2 is 2.42 bits per heavy atom. The molecule has 0 radical (unpaired) electrons. The van der Waals surface area contributed by atoms with Crippen LogP contribution in [0.4, 0.5) is 0 Å². The molecule has 3 heteroatoms. The highest BCUT2D eigenvalue weighted by Crippen LogP contribution is 2.16. The van der Waals surface area contributed by atoms with E-state index >= 15 is 0 Å². The third kappa shape index (κ3) is 2.48. The van der Waals surface area contributed by atoms with Crippen molar-refractivity contribution in [1.29, 1.82) is 0 Å². The lowest BCUT2D eigenvalue weighted by molar-refractivity contribution is -0.136. The zero-order valence-corrected chi connectivity index (χ0v) is 7.79. The molecular formula is C9H17NO2. The van der Waals surface area contributed by atoms with Gasteiger partial charge in [-0.15, -0.1) is 0 Å². The zero-order valence-electron chi connectivity index (χ0n) is 7.79. The highest BCUT2D eigenvalue weighted by molar-refractivity contribution is 5.76. The number of rotatable bonds is 2. The number of amides is 1. The van der Waals surface area contributed by atoms with Crippen molar-refractivity contribution >= 4 is 5.91 Å². The minimum atomic E-state index is -0.403. The van der Waals surface area contributed by atoms with Gasteiger partial charge in [0.2, 0.25) is 5.91 Å². The molecule has 0 aromatic carbocycles. The van der Waals surface area contributed by atoms with Crippen LogP contribution in [0.1, 0.15) is 26.7 Å². The van der Waals surface area contributed by atoms with Gasteiger partial charge >= 0.3 is 0 Å². The van der Waals surface area contributed by atoms with E-state index in [9.17, 15) is 4.79 Å². The van der Waals surface area contributed by atoms with Gasteiger partial charge in [-0.25, -0.2) is 0 Å². The molecule has 1 N–H and O–H groups in total. The summed E-state index contributed by atoms with van der Waals surface area (Å²) < 4.78 is 0. The van der Waals surface area contributed by atoms with Crippen LogP contribution in [-0.2, 0) is 4.79 Å². The van der Waals surface area contributed by atoms with Gasteiger partial charge in [-0.2, -0.15) is 0 Å². The van der Waals surface area contributed by atoms with Crippen LogP contribution in [0, 0.1) is 5.92 Å². The molecule has 1 heterocycles. The lowest BCUT2D eigenvalue weighted by Gasteiger charge is -2.31. The van der Waals surface area contributed by atoms with Gasteiger partial charge in [-0.05, 0) is 19.3 Å². The van der Waals surface area contributed by atoms with Crippen LogP contribution >= 0.6 is 0 Å². The van der Waals surface area contributed by atoms with E-state index in [4.69, 9.17) is 5.11 Å². The van der Waals surface area contributed by atoms with Crippen molar-refractivity contribution < 1.29 is 9.90 Å². The van der Waals surface area contributed by atoms with Crippen LogP contribution in [0.2, 0.25) is 0 Å². The first kappa shape index (κ1) is 9.52. The minimum Gasteiger partial charge on any atom is -0.392 e. The smallest absolute Gasteiger partial charge is 0.222 e. The van der Waals surface area contributed by atoms with Crippen molar-refractivity contribution in [3.63, 3.8) is 0 Å². The van der Waals surface area contributed by atoms with E-state index in [1.165, 1.54) is 0 Å².